The maximum absolute atomic E-state index is 12.9. The number of hydrogen-bond acceptors (Lipinski definition) is 6. The molecule has 34 heavy (non-hydrogen) atoms. The zero-order valence-corrected chi connectivity index (χ0v) is 20.8. The fourth-order valence-electron chi connectivity index (χ4n) is 6.68. The molecule has 4 bridgehead atoms. The van der Waals surface area contributed by atoms with E-state index < -0.39 is 5.60 Å². The Balaban J connectivity index is 1.13. The quantitative estimate of drug-likeness (QED) is 0.699. The Kier molecular flexibility index (Phi) is 5.78. The van der Waals surface area contributed by atoms with Crippen LogP contribution in [0.3, 0.4) is 0 Å². The van der Waals surface area contributed by atoms with E-state index >= 15 is 0 Å². The monoisotopic (exact) mass is 470 g/mol. The summed E-state index contributed by atoms with van der Waals surface area (Å²) in [4.78, 5) is 33.5. The topological polar surface area (TPSA) is 95.0 Å². The second kappa shape index (κ2) is 8.40. The van der Waals surface area contributed by atoms with E-state index in [0.29, 0.717) is 42.2 Å². The Labute approximate surface area is 202 Å². The first kappa shape index (κ1) is 23.4. The number of nitrogens with one attached hydrogen (secondary N) is 1. The van der Waals surface area contributed by atoms with E-state index in [9.17, 15) is 14.7 Å². The SMILES string of the molecule is CN(C(=O)c1ccc(NC2CCN(C(=O)OC3C4CC5C[C@H]3C[C@@](O)(C5)C4)C2)nc1)C(C)(C)C. The van der Waals surface area contributed by atoms with Gasteiger partial charge in [0, 0.05) is 37.9 Å². The number of nitrogens with zero attached hydrogens (tertiary/aromatic N) is 3. The molecular weight excluding hydrogens is 432 g/mol. The molecule has 0 spiro atoms. The molecule has 2 N–H and O–H groups in total. The first-order chi connectivity index (χ1) is 16.0. The van der Waals surface area contributed by atoms with Crippen molar-refractivity contribution in [1.29, 1.82) is 0 Å². The van der Waals surface area contributed by atoms with Crippen molar-refractivity contribution in [2.24, 2.45) is 17.8 Å². The van der Waals surface area contributed by atoms with E-state index in [0.717, 1.165) is 38.5 Å². The van der Waals surface area contributed by atoms with Crippen molar-refractivity contribution in [3.05, 3.63) is 23.9 Å². The van der Waals surface area contributed by atoms with E-state index in [-0.39, 0.29) is 29.7 Å². The Bertz CT molecular complexity index is 927. The van der Waals surface area contributed by atoms with Crippen LogP contribution in [0.4, 0.5) is 10.6 Å². The predicted octanol–water partition coefficient (Wildman–Crippen LogP) is 3.51. The van der Waals surface area contributed by atoms with Gasteiger partial charge in [-0.2, -0.15) is 0 Å². The Morgan fingerprint density at radius 2 is 1.91 bits per heavy atom. The molecule has 0 radical (unpaired) electrons. The van der Waals surface area contributed by atoms with Gasteiger partial charge < -0.3 is 25.0 Å². The minimum Gasteiger partial charge on any atom is -0.446 e. The van der Waals surface area contributed by atoms with E-state index in [4.69, 9.17) is 4.74 Å². The van der Waals surface area contributed by atoms with Crippen molar-refractivity contribution < 1.29 is 19.4 Å². The molecule has 0 aromatic carbocycles. The standard InChI is InChI=1S/C26H38N4O4/c1-25(2,3)29(4)23(31)17-5-6-21(27-14-17)28-20-7-8-30(15-20)24(32)34-22-18-9-16-10-19(22)13-26(33,11-16)12-18/h5-6,14,16,18-20,22,33H,7-13,15H2,1-4H3,(H,27,28)/t16?,18-,19?,20?,22?,26-/m0/s1. The summed E-state index contributed by atoms with van der Waals surface area (Å²) in [7, 11) is 1.80. The van der Waals surface area contributed by atoms with Crippen LogP contribution in [0.2, 0.25) is 0 Å². The van der Waals surface area contributed by atoms with Gasteiger partial charge in [-0.15, -0.1) is 0 Å². The molecule has 186 valence electrons. The highest BCUT2D eigenvalue weighted by atomic mass is 16.6. The van der Waals surface area contributed by atoms with Crippen molar-refractivity contribution in [2.45, 2.75) is 82.6 Å². The molecule has 2 heterocycles. The van der Waals surface area contributed by atoms with Gasteiger partial charge in [0.2, 0.25) is 0 Å². The number of aromatic nitrogens is 1. The highest BCUT2D eigenvalue weighted by Gasteiger charge is 2.56. The van der Waals surface area contributed by atoms with Gasteiger partial charge in [-0.1, -0.05) is 0 Å². The van der Waals surface area contributed by atoms with Gasteiger partial charge in [0.25, 0.3) is 5.91 Å². The average Bonchev–Trinajstić information content (AvgIpc) is 3.22. The number of carbonyl (C=O) groups excluding carboxylic acids is 2. The molecule has 6 rings (SSSR count). The minimum atomic E-state index is -0.516. The van der Waals surface area contributed by atoms with Crippen LogP contribution in [0, 0.1) is 17.8 Å². The van der Waals surface area contributed by atoms with Crippen LogP contribution >= 0.6 is 0 Å². The number of aliphatic hydroxyl groups is 1. The van der Waals surface area contributed by atoms with Crippen LogP contribution in [0.1, 0.15) is 69.7 Å². The summed E-state index contributed by atoms with van der Waals surface area (Å²) in [6.45, 7) is 7.21. The second-order valence-corrected chi connectivity index (χ2v) is 12.1. The Morgan fingerprint density at radius 3 is 2.50 bits per heavy atom. The summed E-state index contributed by atoms with van der Waals surface area (Å²) >= 11 is 0. The summed E-state index contributed by atoms with van der Waals surface area (Å²) in [6.07, 6.45) is 6.79. The first-order valence-corrected chi connectivity index (χ1v) is 12.7. The fourth-order valence-corrected chi connectivity index (χ4v) is 6.68. The van der Waals surface area contributed by atoms with Crippen LogP contribution in [0.25, 0.3) is 0 Å². The van der Waals surface area contributed by atoms with E-state index in [1.165, 1.54) is 0 Å². The van der Waals surface area contributed by atoms with Crippen LogP contribution in [0.15, 0.2) is 18.3 Å². The summed E-state index contributed by atoms with van der Waals surface area (Å²) in [5.74, 6) is 1.85. The molecule has 4 aliphatic carbocycles. The van der Waals surface area contributed by atoms with Crippen LogP contribution in [-0.4, -0.2) is 75.3 Å². The summed E-state index contributed by atoms with van der Waals surface area (Å²) in [5.41, 5.74) is -0.219. The molecule has 4 unspecified atom stereocenters. The number of rotatable bonds is 4. The van der Waals surface area contributed by atoms with E-state index in [1.54, 1.807) is 29.1 Å². The molecule has 1 aromatic rings. The van der Waals surface area contributed by atoms with Gasteiger partial charge in [-0.25, -0.2) is 9.78 Å². The lowest BCUT2D eigenvalue weighted by atomic mass is 9.53. The number of anilines is 1. The third-order valence-corrected chi connectivity index (χ3v) is 8.51. The van der Waals surface area contributed by atoms with Gasteiger partial charge in [-0.3, -0.25) is 4.79 Å². The number of hydrogen-bond donors (Lipinski definition) is 2. The molecular formula is C26H38N4O4. The molecule has 6 atom stereocenters. The highest BCUT2D eigenvalue weighted by Crippen LogP contribution is 2.56. The molecule has 1 aromatic heterocycles. The maximum Gasteiger partial charge on any atom is 0.410 e. The lowest BCUT2D eigenvalue weighted by Gasteiger charge is -2.57. The third-order valence-electron chi connectivity index (χ3n) is 8.51. The minimum absolute atomic E-state index is 0.0469. The summed E-state index contributed by atoms with van der Waals surface area (Å²) in [6, 6.07) is 3.71. The van der Waals surface area contributed by atoms with Crippen molar-refractivity contribution in [2.75, 3.05) is 25.5 Å². The van der Waals surface area contributed by atoms with Crippen LogP contribution in [-0.2, 0) is 4.74 Å². The number of pyridine rings is 1. The normalized spacial score (nSPS) is 34.3. The Morgan fingerprint density at radius 1 is 1.21 bits per heavy atom. The zero-order chi connectivity index (χ0) is 24.3. The van der Waals surface area contributed by atoms with Gasteiger partial charge >= 0.3 is 6.09 Å². The second-order valence-electron chi connectivity index (χ2n) is 12.1. The molecule has 1 aliphatic heterocycles. The fraction of sp³-hybridized carbons (Fsp3) is 0.731. The van der Waals surface area contributed by atoms with E-state index in [2.05, 4.69) is 10.3 Å². The maximum atomic E-state index is 12.9. The van der Waals surface area contributed by atoms with Crippen molar-refractivity contribution in [1.82, 2.24) is 14.8 Å². The molecule has 1 saturated heterocycles. The highest BCUT2D eigenvalue weighted by molar-refractivity contribution is 5.94. The van der Waals surface area contributed by atoms with Crippen molar-refractivity contribution in [3.8, 4) is 0 Å². The first-order valence-electron chi connectivity index (χ1n) is 12.7. The molecule has 8 nitrogen and oxygen atoms in total. The van der Waals surface area contributed by atoms with Gasteiger partial charge in [0.05, 0.1) is 11.2 Å². The molecule has 5 fully saturated rings. The lowest BCUT2D eigenvalue weighted by molar-refractivity contribution is -0.177. The average molecular weight is 471 g/mol. The largest absolute Gasteiger partial charge is 0.446 e. The molecule has 8 heteroatoms. The van der Waals surface area contributed by atoms with Gasteiger partial charge in [0.1, 0.15) is 11.9 Å². The number of likely N-dealkylation sites (tertiary alicyclic amines) is 1. The Hall–Kier alpha value is -2.35. The summed E-state index contributed by atoms with van der Waals surface area (Å²) < 4.78 is 6.04. The molecule has 2 amide bonds. The van der Waals surface area contributed by atoms with E-state index in [1.807, 2.05) is 26.8 Å². The van der Waals surface area contributed by atoms with Gasteiger partial charge in [0.15, 0.2) is 0 Å². The smallest absolute Gasteiger partial charge is 0.410 e. The number of ether oxygens (including phenoxy) is 1. The van der Waals surface area contributed by atoms with Crippen LogP contribution in [0.5, 0.6) is 0 Å². The zero-order valence-electron chi connectivity index (χ0n) is 20.8. The number of amides is 2. The van der Waals surface area contributed by atoms with Crippen molar-refractivity contribution in [3.63, 3.8) is 0 Å². The number of carbonyl (C=O) groups is 2. The summed E-state index contributed by atoms with van der Waals surface area (Å²) in [5, 5.41) is 14.2. The lowest BCUT2D eigenvalue weighted by Crippen LogP contribution is -2.58. The molecule has 5 aliphatic rings. The van der Waals surface area contributed by atoms with Gasteiger partial charge in [-0.05, 0) is 89.2 Å². The third kappa shape index (κ3) is 4.49. The van der Waals surface area contributed by atoms with Crippen LogP contribution < -0.4 is 5.32 Å². The van der Waals surface area contributed by atoms with Crippen molar-refractivity contribution >= 4 is 17.8 Å². The molecule has 4 saturated carbocycles. The predicted molar refractivity (Wildman–Crippen MR) is 128 cm³/mol.